The number of aromatic nitrogens is 4. The number of imidazole rings is 1. The Morgan fingerprint density at radius 1 is 1.13 bits per heavy atom. The molecule has 11 heteroatoms. The summed E-state index contributed by atoms with van der Waals surface area (Å²) in [5.74, 6) is 0.554. The smallest absolute Gasteiger partial charge is 0.332 e. The molecule has 0 bridgehead atoms. The van der Waals surface area contributed by atoms with Crippen molar-refractivity contribution in [3.8, 4) is 5.75 Å². The van der Waals surface area contributed by atoms with E-state index < -0.39 is 23.6 Å². The Kier molecular flexibility index (Phi) is 7.22. The van der Waals surface area contributed by atoms with Gasteiger partial charge in [-0.15, -0.1) is 0 Å². The fraction of sp³-hybridized carbons (Fsp3) is 0.333. The number of fused-ring (bicyclic) bond motifs is 1. The average Bonchev–Trinajstić information content (AvgIpc) is 3.30. The maximum atomic E-state index is 13.9. The largest absolute Gasteiger partial charge is 0.496 e. The van der Waals surface area contributed by atoms with Crippen LogP contribution in [0, 0.1) is 0 Å². The molecule has 198 valence electrons. The number of nitrogens with two attached hydrogens (primary N) is 1. The number of nitrogens with zero attached hydrogens (tertiary/aromatic N) is 5. The van der Waals surface area contributed by atoms with Crippen molar-refractivity contribution in [3.63, 3.8) is 0 Å². The van der Waals surface area contributed by atoms with Gasteiger partial charge in [-0.2, -0.15) is 4.98 Å². The van der Waals surface area contributed by atoms with Crippen LogP contribution < -0.4 is 26.6 Å². The topological polar surface area (TPSA) is 117 Å². The molecule has 4 aromatic rings. The molecule has 3 heterocycles. The van der Waals surface area contributed by atoms with E-state index in [9.17, 15) is 14.4 Å². The molecular weight excluding hydrogens is 552 g/mol. The first-order chi connectivity index (χ1) is 18.3. The van der Waals surface area contributed by atoms with Crippen molar-refractivity contribution in [2.45, 2.75) is 32.0 Å². The fourth-order valence-corrected chi connectivity index (χ4v) is 5.39. The maximum Gasteiger partial charge on any atom is 0.332 e. The van der Waals surface area contributed by atoms with Gasteiger partial charge >= 0.3 is 5.69 Å². The second-order valence-electron chi connectivity index (χ2n) is 9.47. The van der Waals surface area contributed by atoms with E-state index in [-0.39, 0.29) is 17.2 Å². The van der Waals surface area contributed by atoms with E-state index >= 15 is 0 Å². The summed E-state index contributed by atoms with van der Waals surface area (Å²) in [5.41, 5.74) is 6.85. The molecule has 0 aliphatic carbocycles. The summed E-state index contributed by atoms with van der Waals surface area (Å²) in [5, 5.41) is 0. The fourth-order valence-electron chi connectivity index (χ4n) is 4.98. The first-order valence-electron chi connectivity index (χ1n) is 12.4. The zero-order valence-corrected chi connectivity index (χ0v) is 22.8. The van der Waals surface area contributed by atoms with Gasteiger partial charge in [0.2, 0.25) is 5.95 Å². The van der Waals surface area contributed by atoms with Crippen molar-refractivity contribution in [3.05, 3.63) is 85.0 Å². The number of ketones is 1. The van der Waals surface area contributed by atoms with Gasteiger partial charge in [0.15, 0.2) is 16.9 Å². The highest BCUT2D eigenvalue weighted by molar-refractivity contribution is 9.10. The highest BCUT2D eigenvalue weighted by Gasteiger charge is 2.27. The Morgan fingerprint density at radius 2 is 1.87 bits per heavy atom. The van der Waals surface area contributed by atoms with E-state index in [1.165, 1.54) is 11.7 Å². The lowest BCUT2D eigenvalue weighted by atomic mass is 10.1. The lowest BCUT2D eigenvalue weighted by Gasteiger charge is -2.32. The van der Waals surface area contributed by atoms with Gasteiger partial charge in [0.1, 0.15) is 5.75 Å². The number of halogens is 1. The molecule has 2 aromatic heterocycles. The van der Waals surface area contributed by atoms with Crippen LogP contribution in [0.5, 0.6) is 5.75 Å². The van der Waals surface area contributed by atoms with Crippen LogP contribution in [0.3, 0.4) is 0 Å². The summed E-state index contributed by atoms with van der Waals surface area (Å²) >= 11 is 3.61. The molecule has 38 heavy (non-hydrogen) atoms. The van der Waals surface area contributed by atoms with Gasteiger partial charge in [-0.3, -0.25) is 23.3 Å². The number of rotatable bonds is 7. The molecule has 5 rings (SSSR count). The van der Waals surface area contributed by atoms with E-state index in [0.29, 0.717) is 30.4 Å². The summed E-state index contributed by atoms with van der Waals surface area (Å²) in [6.07, 6.45) is 1.81. The molecule has 2 N–H and O–H groups in total. The molecular formula is C27H29BrN6O4. The van der Waals surface area contributed by atoms with Crippen molar-refractivity contribution in [2.24, 2.45) is 12.8 Å². The molecule has 1 saturated heterocycles. The first-order valence-corrected chi connectivity index (χ1v) is 13.2. The molecule has 0 saturated carbocycles. The van der Waals surface area contributed by atoms with Crippen molar-refractivity contribution >= 4 is 38.8 Å². The number of hydrogen-bond acceptors (Lipinski definition) is 7. The van der Waals surface area contributed by atoms with Crippen LogP contribution in [0.4, 0.5) is 5.95 Å². The minimum absolute atomic E-state index is 0.0144. The Morgan fingerprint density at radius 3 is 2.61 bits per heavy atom. The van der Waals surface area contributed by atoms with Crippen LogP contribution in [0.2, 0.25) is 0 Å². The van der Waals surface area contributed by atoms with Crippen LogP contribution in [-0.4, -0.2) is 50.7 Å². The Bertz CT molecular complexity index is 1640. The number of carbonyl (C=O) groups is 1. The van der Waals surface area contributed by atoms with E-state index in [1.807, 2.05) is 28.8 Å². The molecule has 1 unspecified atom stereocenters. The maximum absolute atomic E-state index is 13.9. The summed E-state index contributed by atoms with van der Waals surface area (Å²) in [4.78, 5) is 47.3. The number of Topliss-reactive ketones (excluding diaryl/α,β-unsaturated/α-hetero) is 1. The number of anilines is 1. The van der Waals surface area contributed by atoms with Gasteiger partial charge in [-0.25, -0.2) is 4.79 Å². The number of methoxy groups -OCH3 is 1. The lowest BCUT2D eigenvalue weighted by molar-refractivity contribution is 0.0966. The normalized spacial score (nSPS) is 15.7. The molecule has 10 nitrogen and oxygen atoms in total. The zero-order chi connectivity index (χ0) is 27.0. The Labute approximate surface area is 227 Å². The molecule has 1 atom stereocenters. The first kappa shape index (κ1) is 25.9. The summed E-state index contributed by atoms with van der Waals surface area (Å²) in [6, 6.07) is 14.5. The Hall–Kier alpha value is -3.70. The standard InChI is InChI=1S/C27H29BrN6O4/c1-31-24-23(25(36)34(27(31)37)16-21(35)19-10-4-6-12-22(19)38-2)33(14-17-8-3-5-11-20(17)28)26(30-24)32-13-7-9-18(29)15-32/h3-6,8,10-12,18H,7,9,13-16,29H2,1-2H3. The van der Waals surface area contributed by atoms with Gasteiger partial charge in [0.25, 0.3) is 5.56 Å². The average molecular weight is 581 g/mol. The third-order valence-electron chi connectivity index (χ3n) is 6.95. The van der Waals surface area contributed by atoms with Gasteiger partial charge in [-0.05, 0) is 36.6 Å². The minimum atomic E-state index is -0.613. The molecule has 0 spiro atoms. The predicted octanol–water partition coefficient (Wildman–Crippen LogP) is 2.53. The molecule has 1 fully saturated rings. The highest BCUT2D eigenvalue weighted by Crippen LogP contribution is 2.26. The predicted molar refractivity (Wildman–Crippen MR) is 149 cm³/mol. The number of piperidine rings is 1. The van der Waals surface area contributed by atoms with Crippen molar-refractivity contribution < 1.29 is 9.53 Å². The molecule has 0 radical (unpaired) electrons. The van der Waals surface area contributed by atoms with Crippen LogP contribution in [0.25, 0.3) is 11.2 Å². The summed E-state index contributed by atoms with van der Waals surface area (Å²) < 4.78 is 10.3. The van der Waals surface area contributed by atoms with Crippen molar-refractivity contribution in [2.75, 3.05) is 25.1 Å². The monoisotopic (exact) mass is 580 g/mol. The van der Waals surface area contributed by atoms with Crippen molar-refractivity contribution in [1.82, 2.24) is 18.7 Å². The van der Waals surface area contributed by atoms with E-state index in [0.717, 1.165) is 34.0 Å². The molecule has 1 aliphatic heterocycles. The molecule has 2 aromatic carbocycles. The summed E-state index contributed by atoms with van der Waals surface area (Å²) in [6.45, 7) is 1.24. The van der Waals surface area contributed by atoms with Gasteiger partial charge in [-0.1, -0.05) is 46.3 Å². The van der Waals surface area contributed by atoms with Gasteiger partial charge < -0.3 is 15.4 Å². The highest BCUT2D eigenvalue weighted by atomic mass is 79.9. The van der Waals surface area contributed by atoms with E-state index in [1.54, 1.807) is 31.3 Å². The third-order valence-corrected chi connectivity index (χ3v) is 7.72. The third kappa shape index (κ3) is 4.67. The zero-order valence-electron chi connectivity index (χ0n) is 21.3. The van der Waals surface area contributed by atoms with Gasteiger partial charge in [0, 0.05) is 30.7 Å². The number of hydrogen-bond donors (Lipinski definition) is 1. The number of aryl methyl sites for hydroxylation is 1. The number of ether oxygens (including phenoxy) is 1. The van der Waals surface area contributed by atoms with E-state index in [4.69, 9.17) is 15.5 Å². The lowest BCUT2D eigenvalue weighted by Crippen LogP contribution is -2.44. The minimum Gasteiger partial charge on any atom is -0.496 e. The van der Waals surface area contributed by atoms with Crippen LogP contribution in [0.1, 0.15) is 28.8 Å². The second kappa shape index (κ2) is 10.6. The second-order valence-corrected chi connectivity index (χ2v) is 10.3. The van der Waals surface area contributed by atoms with Crippen molar-refractivity contribution in [1.29, 1.82) is 0 Å². The summed E-state index contributed by atoms with van der Waals surface area (Å²) in [7, 11) is 3.04. The Balaban J connectivity index is 1.69. The molecule has 0 amide bonds. The van der Waals surface area contributed by atoms with Crippen LogP contribution in [-0.2, 0) is 20.1 Å². The van der Waals surface area contributed by atoms with E-state index in [2.05, 4.69) is 20.8 Å². The quantitative estimate of drug-likeness (QED) is 0.334. The van der Waals surface area contributed by atoms with Crippen LogP contribution >= 0.6 is 15.9 Å². The van der Waals surface area contributed by atoms with Crippen LogP contribution in [0.15, 0.2) is 62.6 Å². The number of para-hydroxylation sites is 1. The SMILES string of the molecule is COc1ccccc1C(=O)Cn1c(=O)c2c(nc(N3CCCC(N)C3)n2Cc2ccccc2Br)n(C)c1=O. The molecule has 1 aliphatic rings. The number of benzene rings is 2. The number of carbonyl (C=O) groups excluding carboxylic acids is 1. The van der Waals surface area contributed by atoms with Gasteiger partial charge in [0.05, 0.1) is 25.8 Å².